The number of methoxy groups -OCH3 is 1. The van der Waals surface area contributed by atoms with Gasteiger partial charge in [-0.2, -0.15) is 4.37 Å². The van der Waals surface area contributed by atoms with Crippen molar-refractivity contribution in [3.8, 4) is 11.3 Å². The molecule has 0 amide bonds. The van der Waals surface area contributed by atoms with Crippen molar-refractivity contribution in [1.29, 1.82) is 0 Å². The third-order valence-corrected chi connectivity index (χ3v) is 4.05. The maximum Gasteiger partial charge on any atom is 0.351 e. The molecule has 2 rings (SSSR count). The number of esters is 1. The van der Waals surface area contributed by atoms with E-state index in [9.17, 15) is 4.79 Å². The van der Waals surface area contributed by atoms with Crippen LogP contribution in [0.1, 0.15) is 9.67 Å². The van der Waals surface area contributed by atoms with E-state index in [4.69, 9.17) is 34.8 Å². The Balaban J connectivity index is 2.52. The molecular weight excluding hydrogens is 317 g/mol. The van der Waals surface area contributed by atoms with Crippen LogP contribution in [0.25, 0.3) is 11.3 Å². The molecule has 1 heterocycles. The van der Waals surface area contributed by atoms with Crippen LogP contribution >= 0.6 is 46.3 Å². The molecule has 0 aliphatic rings. The average molecular weight is 323 g/mol. The molecule has 0 atom stereocenters. The maximum atomic E-state index is 11.4. The zero-order valence-electron chi connectivity index (χ0n) is 9.04. The SMILES string of the molecule is COC(=O)c1snc(-c2ccc(Cl)cc2Cl)c1Cl. The van der Waals surface area contributed by atoms with Gasteiger partial charge in [-0.05, 0) is 29.7 Å². The lowest BCUT2D eigenvalue weighted by molar-refractivity contribution is 0.0606. The van der Waals surface area contributed by atoms with Gasteiger partial charge in [0.05, 0.1) is 17.2 Å². The van der Waals surface area contributed by atoms with Crippen LogP contribution in [0.2, 0.25) is 15.1 Å². The molecule has 0 unspecified atom stereocenters. The van der Waals surface area contributed by atoms with Crippen LogP contribution < -0.4 is 0 Å². The first-order valence-electron chi connectivity index (χ1n) is 4.73. The summed E-state index contributed by atoms with van der Waals surface area (Å²) < 4.78 is 8.74. The first-order chi connectivity index (χ1) is 8.54. The van der Waals surface area contributed by atoms with Crippen molar-refractivity contribution >= 4 is 52.3 Å². The van der Waals surface area contributed by atoms with Gasteiger partial charge >= 0.3 is 5.97 Å². The van der Waals surface area contributed by atoms with Crippen LogP contribution in [0.5, 0.6) is 0 Å². The van der Waals surface area contributed by atoms with Crippen LogP contribution in [-0.2, 0) is 4.74 Å². The van der Waals surface area contributed by atoms with E-state index in [0.717, 1.165) is 11.5 Å². The molecule has 1 aromatic carbocycles. The number of aromatic nitrogens is 1. The van der Waals surface area contributed by atoms with Crippen molar-refractivity contribution in [2.24, 2.45) is 0 Å². The van der Waals surface area contributed by atoms with E-state index in [1.54, 1.807) is 18.2 Å². The van der Waals surface area contributed by atoms with Crippen molar-refractivity contribution in [2.45, 2.75) is 0 Å². The number of benzene rings is 1. The van der Waals surface area contributed by atoms with E-state index < -0.39 is 5.97 Å². The summed E-state index contributed by atoms with van der Waals surface area (Å²) >= 11 is 18.9. The Hall–Kier alpha value is -0.810. The predicted octanol–water partition coefficient (Wildman–Crippen LogP) is 4.56. The highest BCUT2D eigenvalue weighted by molar-refractivity contribution is 7.09. The minimum absolute atomic E-state index is 0.232. The minimum atomic E-state index is -0.520. The third kappa shape index (κ3) is 2.47. The van der Waals surface area contributed by atoms with Gasteiger partial charge in [0.25, 0.3) is 0 Å². The maximum absolute atomic E-state index is 11.4. The smallest absolute Gasteiger partial charge is 0.351 e. The number of rotatable bonds is 2. The average Bonchev–Trinajstić information content (AvgIpc) is 2.70. The molecule has 0 saturated carbocycles. The zero-order valence-corrected chi connectivity index (χ0v) is 12.1. The van der Waals surface area contributed by atoms with Crippen LogP contribution in [0.4, 0.5) is 0 Å². The van der Waals surface area contributed by atoms with E-state index >= 15 is 0 Å². The van der Waals surface area contributed by atoms with E-state index in [1.165, 1.54) is 7.11 Å². The predicted molar refractivity (Wildman–Crippen MR) is 73.9 cm³/mol. The third-order valence-electron chi connectivity index (χ3n) is 2.19. The van der Waals surface area contributed by atoms with Crippen molar-refractivity contribution in [2.75, 3.05) is 7.11 Å². The monoisotopic (exact) mass is 321 g/mol. The number of hydrogen-bond acceptors (Lipinski definition) is 4. The molecule has 0 radical (unpaired) electrons. The molecule has 0 aliphatic heterocycles. The summed E-state index contributed by atoms with van der Waals surface area (Å²) in [6.45, 7) is 0. The molecule has 3 nitrogen and oxygen atoms in total. The van der Waals surface area contributed by atoms with Crippen molar-refractivity contribution in [1.82, 2.24) is 4.37 Å². The first-order valence-corrected chi connectivity index (χ1v) is 6.64. The summed E-state index contributed by atoms with van der Waals surface area (Å²) in [4.78, 5) is 11.7. The Labute approximate surface area is 122 Å². The van der Waals surface area contributed by atoms with Crippen LogP contribution in [0.3, 0.4) is 0 Å². The minimum Gasteiger partial charge on any atom is -0.465 e. The number of nitrogens with zero attached hydrogens (tertiary/aromatic N) is 1. The van der Waals surface area contributed by atoms with Crippen LogP contribution in [-0.4, -0.2) is 17.5 Å². The fourth-order valence-electron chi connectivity index (χ4n) is 1.35. The largest absolute Gasteiger partial charge is 0.465 e. The highest BCUT2D eigenvalue weighted by Gasteiger charge is 2.21. The van der Waals surface area contributed by atoms with E-state index in [0.29, 0.717) is 21.3 Å². The van der Waals surface area contributed by atoms with Gasteiger partial charge in [0.15, 0.2) is 4.88 Å². The van der Waals surface area contributed by atoms with Gasteiger partial charge in [-0.15, -0.1) is 0 Å². The number of hydrogen-bond donors (Lipinski definition) is 0. The molecule has 2 aromatic rings. The Morgan fingerprint density at radius 2 is 2.06 bits per heavy atom. The fourth-order valence-corrected chi connectivity index (χ4v) is 2.93. The fraction of sp³-hybridized carbons (Fsp3) is 0.0909. The van der Waals surface area contributed by atoms with Gasteiger partial charge < -0.3 is 4.74 Å². The summed E-state index contributed by atoms with van der Waals surface area (Å²) in [5, 5.41) is 1.17. The molecule has 0 fully saturated rings. The molecule has 94 valence electrons. The van der Waals surface area contributed by atoms with Gasteiger partial charge in [0, 0.05) is 10.6 Å². The topological polar surface area (TPSA) is 39.2 Å². The lowest BCUT2D eigenvalue weighted by atomic mass is 10.1. The van der Waals surface area contributed by atoms with Crippen LogP contribution in [0, 0.1) is 0 Å². The summed E-state index contributed by atoms with van der Waals surface area (Å²) in [5.41, 5.74) is 1.07. The summed E-state index contributed by atoms with van der Waals surface area (Å²) in [5.74, 6) is -0.520. The number of carbonyl (C=O) groups is 1. The summed E-state index contributed by atoms with van der Waals surface area (Å²) in [6, 6.07) is 4.97. The molecule has 7 heteroatoms. The summed E-state index contributed by atoms with van der Waals surface area (Å²) in [6.07, 6.45) is 0. The highest BCUT2D eigenvalue weighted by atomic mass is 35.5. The van der Waals surface area contributed by atoms with E-state index in [2.05, 4.69) is 9.11 Å². The second-order valence-corrected chi connectivity index (χ2v) is 5.29. The molecule has 0 aliphatic carbocycles. The Bertz CT molecular complexity index is 612. The lowest BCUT2D eigenvalue weighted by Crippen LogP contribution is -1.98. The lowest BCUT2D eigenvalue weighted by Gasteiger charge is -2.02. The normalized spacial score (nSPS) is 10.4. The zero-order chi connectivity index (χ0) is 13.3. The first kappa shape index (κ1) is 13.6. The number of carbonyl (C=O) groups excluding carboxylic acids is 1. The standard InChI is InChI=1S/C11H6Cl3NO2S/c1-17-11(16)10-8(14)9(15-18-10)6-3-2-5(12)4-7(6)13/h2-4H,1H3. The van der Waals surface area contributed by atoms with Gasteiger partial charge in [-0.1, -0.05) is 34.8 Å². The number of ether oxygens (including phenoxy) is 1. The van der Waals surface area contributed by atoms with E-state index in [1.807, 2.05) is 0 Å². The van der Waals surface area contributed by atoms with Crippen LogP contribution in [0.15, 0.2) is 18.2 Å². The Kier molecular flexibility index (Phi) is 4.12. The molecule has 1 aromatic heterocycles. The molecule has 0 saturated heterocycles. The van der Waals surface area contributed by atoms with Gasteiger partial charge in [-0.25, -0.2) is 4.79 Å². The highest BCUT2D eigenvalue weighted by Crippen LogP contribution is 2.37. The second kappa shape index (κ2) is 5.45. The van der Waals surface area contributed by atoms with Gasteiger partial charge in [0.2, 0.25) is 0 Å². The van der Waals surface area contributed by atoms with Crippen molar-refractivity contribution < 1.29 is 9.53 Å². The molecule has 0 spiro atoms. The van der Waals surface area contributed by atoms with E-state index in [-0.39, 0.29) is 9.90 Å². The van der Waals surface area contributed by atoms with Gasteiger partial charge in [0.1, 0.15) is 5.69 Å². The Morgan fingerprint density at radius 3 is 2.67 bits per heavy atom. The summed E-state index contributed by atoms with van der Waals surface area (Å²) in [7, 11) is 1.29. The second-order valence-electron chi connectivity index (χ2n) is 3.29. The quantitative estimate of drug-likeness (QED) is 0.761. The molecule has 18 heavy (non-hydrogen) atoms. The Morgan fingerprint density at radius 1 is 1.33 bits per heavy atom. The molecular formula is C11H6Cl3NO2S. The van der Waals surface area contributed by atoms with Crippen molar-refractivity contribution in [3.05, 3.63) is 38.1 Å². The van der Waals surface area contributed by atoms with Gasteiger partial charge in [-0.3, -0.25) is 0 Å². The molecule has 0 bridgehead atoms. The van der Waals surface area contributed by atoms with Crippen molar-refractivity contribution in [3.63, 3.8) is 0 Å². The number of halogens is 3. The molecule has 0 N–H and O–H groups in total.